The number of esters is 1. The Morgan fingerprint density at radius 3 is 2.30 bits per heavy atom. The Hall–Kier alpha value is -4.57. The Labute approximate surface area is 253 Å². The molecule has 0 unspecified atom stereocenters. The van der Waals surface area contributed by atoms with Crippen molar-refractivity contribution in [1.29, 1.82) is 0 Å². The van der Waals surface area contributed by atoms with Crippen LogP contribution in [0.3, 0.4) is 0 Å². The van der Waals surface area contributed by atoms with Crippen molar-refractivity contribution in [3.05, 3.63) is 102 Å². The van der Waals surface area contributed by atoms with Gasteiger partial charge in [-0.25, -0.2) is 9.79 Å². The third kappa shape index (κ3) is 5.27. The van der Waals surface area contributed by atoms with Crippen molar-refractivity contribution < 1.29 is 23.7 Å². The molecule has 0 fully saturated rings. The molecule has 0 saturated heterocycles. The monoisotopic (exact) mass is 601 g/mol. The molecule has 0 aliphatic carbocycles. The van der Waals surface area contributed by atoms with Crippen LogP contribution in [-0.2, 0) is 9.53 Å². The Balaban J connectivity index is 1.74. The van der Waals surface area contributed by atoms with Crippen molar-refractivity contribution >= 4 is 23.4 Å². The highest BCUT2D eigenvalue weighted by Crippen LogP contribution is 2.42. The number of aromatic nitrogens is 2. The van der Waals surface area contributed by atoms with E-state index in [0.29, 0.717) is 37.8 Å². The third-order valence-electron chi connectivity index (χ3n) is 7.54. The first kappa shape index (κ1) is 29.9. The minimum absolute atomic E-state index is 0.179. The molecule has 0 N–H and O–H groups in total. The number of rotatable bonds is 8. The van der Waals surface area contributed by atoms with Crippen LogP contribution in [0.1, 0.15) is 48.0 Å². The standard InChI is InChI=1S/C33H35N3O6S/c1-9-42-32(38)28-20(4)34-33-36(29(28)23-15-25(39-6)30(41-8)26(16-23)40-7)31(37)27(43-33)17-22-14-19(3)35(21(22)5)24-12-10-11-18(2)13-24/h10-17,29H,9H2,1-8H3/b27-17+/t29-/m0/s1. The van der Waals surface area contributed by atoms with Gasteiger partial charge in [-0.15, -0.1) is 0 Å². The van der Waals surface area contributed by atoms with E-state index in [1.807, 2.05) is 26.0 Å². The number of carbonyl (C=O) groups excluding carboxylic acids is 1. The van der Waals surface area contributed by atoms with Crippen molar-refractivity contribution in [2.45, 2.75) is 40.7 Å². The number of hydrogen-bond acceptors (Lipinski definition) is 8. The molecule has 2 aromatic heterocycles. The van der Waals surface area contributed by atoms with Crippen LogP contribution < -0.4 is 29.1 Å². The van der Waals surface area contributed by atoms with Crippen LogP contribution in [0, 0.1) is 20.8 Å². The normalized spacial score (nSPS) is 14.8. The van der Waals surface area contributed by atoms with E-state index in [9.17, 15) is 9.59 Å². The maximum atomic E-state index is 14.2. The molecule has 0 amide bonds. The quantitative estimate of drug-likeness (QED) is 0.276. The van der Waals surface area contributed by atoms with Gasteiger partial charge >= 0.3 is 5.97 Å². The number of benzene rings is 2. The van der Waals surface area contributed by atoms with Crippen molar-refractivity contribution in [3.8, 4) is 22.9 Å². The van der Waals surface area contributed by atoms with Gasteiger partial charge in [0.1, 0.15) is 0 Å². The predicted molar refractivity (Wildman–Crippen MR) is 166 cm³/mol. The van der Waals surface area contributed by atoms with Crippen molar-refractivity contribution in [2.24, 2.45) is 4.99 Å². The third-order valence-corrected chi connectivity index (χ3v) is 8.52. The molecule has 1 aliphatic rings. The van der Waals surface area contributed by atoms with E-state index in [1.165, 1.54) is 38.2 Å². The first-order chi connectivity index (χ1) is 20.6. The second-order valence-electron chi connectivity index (χ2n) is 10.3. The summed E-state index contributed by atoms with van der Waals surface area (Å²) in [5.74, 6) is 0.669. The lowest BCUT2D eigenvalue weighted by Crippen LogP contribution is -2.40. The van der Waals surface area contributed by atoms with E-state index in [1.54, 1.807) is 30.5 Å². The summed E-state index contributed by atoms with van der Waals surface area (Å²) in [5, 5.41) is 0. The molecule has 0 bridgehead atoms. The van der Waals surface area contributed by atoms with Gasteiger partial charge in [0.15, 0.2) is 16.3 Å². The van der Waals surface area contributed by atoms with Crippen LogP contribution in [-0.4, -0.2) is 43.0 Å². The number of ether oxygens (including phenoxy) is 4. The highest BCUT2D eigenvalue weighted by atomic mass is 32.1. The van der Waals surface area contributed by atoms with Crippen LogP contribution in [0.5, 0.6) is 17.2 Å². The summed E-state index contributed by atoms with van der Waals surface area (Å²) < 4.78 is 26.4. The van der Waals surface area contributed by atoms with Crippen LogP contribution in [0.2, 0.25) is 0 Å². The molecule has 1 atom stereocenters. The molecule has 9 nitrogen and oxygen atoms in total. The molecule has 1 aliphatic heterocycles. The van der Waals surface area contributed by atoms with E-state index in [2.05, 4.69) is 35.8 Å². The van der Waals surface area contributed by atoms with Gasteiger partial charge in [-0.3, -0.25) is 9.36 Å². The minimum Gasteiger partial charge on any atom is -0.493 e. The molecule has 0 radical (unpaired) electrons. The summed E-state index contributed by atoms with van der Waals surface area (Å²) in [7, 11) is 4.56. The molecule has 0 saturated carbocycles. The van der Waals surface area contributed by atoms with Crippen molar-refractivity contribution in [2.75, 3.05) is 27.9 Å². The SMILES string of the molecule is CCOC(=O)C1=C(C)N=c2s/c(=C/c3cc(C)n(-c4cccc(C)c4)c3C)c(=O)n2[C@H]1c1cc(OC)c(OC)c(OC)c1. The Bertz CT molecular complexity index is 1920. The number of thiazole rings is 1. The number of methoxy groups -OCH3 is 3. The summed E-state index contributed by atoms with van der Waals surface area (Å²) in [5.41, 5.74) is 6.29. The number of allylic oxidation sites excluding steroid dienone is 1. The van der Waals surface area contributed by atoms with Gasteiger partial charge in [0.25, 0.3) is 5.56 Å². The lowest BCUT2D eigenvalue weighted by Gasteiger charge is -2.26. The predicted octanol–water partition coefficient (Wildman–Crippen LogP) is 4.54. The largest absolute Gasteiger partial charge is 0.493 e. The average Bonchev–Trinajstić information content (AvgIpc) is 3.44. The molecule has 3 heterocycles. The number of carbonyl (C=O) groups is 1. The number of fused-ring (bicyclic) bond motifs is 1. The Kier molecular flexibility index (Phi) is 8.32. The summed E-state index contributed by atoms with van der Waals surface area (Å²) in [4.78, 5) is 32.7. The summed E-state index contributed by atoms with van der Waals surface area (Å²) in [6.45, 7) is 9.83. The minimum atomic E-state index is -0.828. The van der Waals surface area contributed by atoms with Gasteiger partial charge < -0.3 is 23.5 Å². The summed E-state index contributed by atoms with van der Waals surface area (Å²) >= 11 is 1.28. The highest BCUT2D eigenvalue weighted by molar-refractivity contribution is 7.07. The zero-order valence-corrected chi connectivity index (χ0v) is 26.4. The Morgan fingerprint density at radius 2 is 1.70 bits per heavy atom. The van der Waals surface area contributed by atoms with E-state index in [4.69, 9.17) is 23.9 Å². The second-order valence-corrected chi connectivity index (χ2v) is 11.3. The summed E-state index contributed by atoms with van der Waals surface area (Å²) in [6, 6.07) is 13.0. The van der Waals surface area contributed by atoms with Gasteiger partial charge in [-0.2, -0.15) is 0 Å². The van der Waals surface area contributed by atoms with Crippen LogP contribution in [0.15, 0.2) is 63.5 Å². The fraction of sp³-hybridized carbons (Fsp3) is 0.303. The second kappa shape index (κ2) is 12.0. The average molecular weight is 602 g/mol. The van der Waals surface area contributed by atoms with Gasteiger partial charge in [0, 0.05) is 17.1 Å². The van der Waals surface area contributed by atoms with Crippen LogP contribution in [0.4, 0.5) is 0 Å². The maximum Gasteiger partial charge on any atom is 0.338 e. The first-order valence-electron chi connectivity index (χ1n) is 13.9. The molecule has 2 aromatic carbocycles. The summed E-state index contributed by atoms with van der Waals surface area (Å²) in [6.07, 6.45) is 1.90. The van der Waals surface area contributed by atoms with Gasteiger partial charge in [0.2, 0.25) is 5.75 Å². The van der Waals surface area contributed by atoms with Gasteiger partial charge in [-0.05, 0) is 87.7 Å². The fourth-order valence-electron chi connectivity index (χ4n) is 5.61. The molecule has 5 rings (SSSR count). The molecule has 0 spiro atoms. The van der Waals surface area contributed by atoms with E-state index in [-0.39, 0.29) is 17.7 Å². The zero-order chi connectivity index (χ0) is 31.0. The lowest BCUT2D eigenvalue weighted by molar-refractivity contribution is -0.139. The molecular formula is C33H35N3O6S. The van der Waals surface area contributed by atoms with Gasteiger partial charge in [0.05, 0.1) is 49.8 Å². The zero-order valence-electron chi connectivity index (χ0n) is 25.6. The smallest absolute Gasteiger partial charge is 0.338 e. The number of nitrogens with zero attached hydrogens (tertiary/aromatic N) is 3. The molecular weight excluding hydrogens is 566 g/mol. The fourth-order valence-corrected chi connectivity index (χ4v) is 6.64. The number of hydrogen-bond donors (Lipinski definition) is 0. The molecule has 43 heavy (non-hydrogen) atoms. The van der Waals surface area contributed by atoms with Crippen LogP contribution >= 0.6 is 11.3 Å². The molecule has 4 aromatic rings. The van der Waals surface area contributed by atoms with E-state index < -0.39 is 12.0 Å². The van der Waals surface area contributed by atoms with Crippen LogP contribution in [0.25, 0.3) is 11.8 Å². The molecule has 224 valence electrons. The molecule has 10 heteroatoms. The van der Waals surface area contributed by atoms with Crippen molar-refractivity contribution in [3.63, 3.8) is 0 Å². The first-order valence-corrected chi connectivity index (χ1v) is 14.7. The highest BCUT2D eigenvalue weighted by Gasteiger charge is 2.34. The maximum absolute atomic E-state index is 14.2. The topological polar surface area (TPSA) is 93.3 Å². The van der Waals surface area contributed by atoms with Crippen molar-refractivity contribution in [1.82, 2.24) is 9.13 Å². The van der Waals surface area contributed by atoms with E-state index >= 15 is 0 Å². The number of aryl methyl sites for hydroxylation is 2. The Morgan fingerprint density at radius 1 is 1.00 bits per heavy atom. The van der Waals surface area contributed by atoms with E-state index in [0.717, 1.165) is 22.6 Å². The lowest BCUT2D eigenvalue weighted by atomic mass is 9.95. The van der Waals surface area contributed by atoms with Gasteiger partial charge in [-0.1, -0.05) is 23.5 Å².